The molecule has 0 bridgehead atoms. The highest BCUT2D eigenvalue weighted by Crippen LogP contribution is 2.32. The molecule has 0 fully saturated rings. The summed E-state index contributed by atoms with van der Waals surface area (Å²) in [6.07, 6.45) is 0. The number of halogens is 1. The molecule has 1 heterocycles. The Bertz CT molecular complexity index is 1210. The number of non-ortho nitro benzene ring substituents is 1. The van der Waals surface area contributed by atoms with Gasteiger partial charge in [-0.05, 0) is 29.8 Å². The lowest BCUT2D eigenvalue weighted by Crippen LogP contribution is -2.30. The van der Waals surface area contributed by atoms with Crippen LogP contribution < -0.4 is 4.90 Å². The normalized spacial score (nSPS) is 10.8. The first kappa shape index (κ1) is 19.0. The minimum Gasteiger partial charge on any atom is -0.279 e. The van der Waals surface area contributed by atoms with Crippen LogP contribution in [0.2, 0.25) is 5.02 Å². The van der Waals surface area contributed by atoms with Crippen molar-refractivity contribution in [1.29, 1.82) is 0 Å². The molecule has 1 amide bonds. The maximum atomic E-state index is 13.3. The van der Waals surface area contributed by atoms with Crippen molar-refractivity contribution in [2.24, 2.45) is 0 Å². The number of nitro groups is 1. The topological polar surface area (TPSA) is 76.3 Å². The number of carbonyl (C=O) groups excluding carboxylic acids is 1. The van der Waals surface area contributed by atoms with E-state index in [-0.39, 0.29) is 23.7 Å². The van der Waals surface area contributed by atoms with Gasteiger partial charge in [-0.15, -0.1) is 0 Å². The average molecular weight is 424 g/mol. The van der Waals surface area contributed by atoms with Crippen molar-refractivity contribution in [2.45, 2.75) is 6.54 Å². The third-order valence-corrected chi connectivity index (χ3v) is 5.58. The molecule has 3 aromatic carbocycles. The average Bonchev–Trinajstić information content (AvgIpc) is 3.15. The summed E-state index contributed by atoms with van der Waals surface area (Å²) in [7, 11) is 0. The second-order valence-corrected chi connectivity index (χ2v) is 7.74. The first-order valence-corrected chi connectivity index (χ1v) is 9.87. The number of aromatic nitrogens is 1. The molecule has 4 aromatic rings. The third-order valence-electron chi connectivity index (χ3n) is 4.30. The molecule has 0 radical (unpaired) electrons. The summed E-state index contributed by atoms with van der Waals surface area (Å²) in [5.74, 6) is -0.359. The quantitative estimate of drug-likeness (QED) is 0.304. The fraction of sp³-hybridized carbons (Fsp3) is 0.0476. The summed E-state index contributed by atoms with van der Waals surface area (Å²) in [6, 6.07) is 20.6. The van der Waals surface area contributed by atoms with Crippen molar-refractivity contribution in [3.8, 4) is 0 Å². The van der Waals surface area contributed by atoms with Gasteiger partial charge in [0.15, 0.2) is 5.13 Å². The van der Waals surface area contributed by atoms with E-state index < -0.39 is 4.92 Å². The molecule has 4 rings (SSSR count). The van der Waals surface area contributed by atoms with Gasteiger partial charge in [0.2, 0.25) is 0 Å². The van der Waals surface area contributed by atoms with Crippen LogP contribution in [-0.4, -0.2) is 15.8 Å². The third kappa shape index (κ3) is 4.11. The molecule has 0 saturated carbocycles. The first-order chi connectivity index (χ1) is 14.0. The van der Waals surface area contributed by atoms with Crippen LogP contribution in [-0.2, 0) is 6.54 Å². The lowest BCUT2D eigenvalue weighted by molar-refractivity contribution is -0.384. The molecule has 0 spiro atoms. The Hall–Kier alpha value is -3.29. The van der Waals surface area contributed by atoms with E-state index >= 15 is 0 Å². The summed E-state index contributed by atoms with van der Waals surface area (Å²) >= 11 is 7.43. The number of hydrogen-bond donors (Lipinski definition) is 0. The second-order valence-electron chi connectivity index (χ2n) is 6.29. The Labute approximate surface area is 175 Å². The van der Waals surface area contributed by atoms with E-state index in [2.05, 4.69) is 4.98 Å². The highest BCUT2D eigenvalue weighted by molar-refractivity contribution is 7.22. The smallest absolute Gasteiger partial charge is 0.270 e. The van der Waals surface area contributed by atoms with Gasteiger partial charge in [-0.2, -0.15) is 0 Å². The monoisotopic (exact) mass is 423 g/mol. The predicted octanol–water partition coefficient (Wildman–Crippen LogP) is 5.70. The van der Waals surface area contributed by atoms with Gasteiger partial charge in [0.1, 0.15) is 0 Å². The maximum Gasteiger partial charge on any atom is 0.270 e. The fourth-order valence-corrected chi connectivity index (χ4v) is 4.14. The molecular formula is C21H14ClN3O3S. The number of thiazole rings is 1. The van der Waals surface area contributed by atoms with Gasteiger partial charge in [-0.25, -0.2) is 4.98 Å². The molecule has 8 heteroatoms. The fourth-order valence-electron chi connectivity index (χ4n) is 2.90. The van der Waals surface area contributed by atoms with E-state index in [1.54, 1.807) is 24.3 Å². The Kier molecular flexibility index (Phi) is 5.24. The van der Waals surface area contributed by atoms with Crippen LogP contribution in [0.15, 0.2) is 72.8 Å². The van der Waals surface area contributed by atoms with Crippen LogP contribution in [0.3, 0.4) is 0 Å². The summed E-state index contributed by atoms with van der Waals surface area (Å²) in [4.78, 5) is 30.0. The van der Waals surface area contributed by atoms with Gasteiger partial charge in [0.25, 0.3) is 11.6 Å². The predicted molar refractivity (Wildman–Crippen MR) is 115 cm³/mol. The van der Waals surface area contributed by atoms with E-state index in [0.717, 1.165) is 15.8 Å². The number of rotatable bonds is 5. The molecule has 0 aliphatic rings. The zero-order valence-electron chi connectivity index (χ0n) is 15.0. The van der Waals surface area contributed by atoms with Crippen molar-refractivity contribution >= 4 is 49.9 Å². The van der Waals surface area contributed by atoms with Gasteiger partial charge in [-0.1, -0.05) is 59.3 Å². The van der Waals surface area contributed by atoms with Crippen molar-refractivity contribution in [2.75, 3.05) is 4.90 Å². The lowest BCUT2D eigenvalue weighted by Gasteiger charge is -2.20. The van der Waals surface area contributed by atoms with Crippen LogP contribution in [0, 0.1) is 10.1 Å². The van der Waals surface area contributed by atoms with Gasteiger partial charge >= 0.3 is 0 Å². The molecule has 144 valence electrons. The molecular weight excluding hydrogens is 410 g/mol. The molecule has 6 nitrogen and oxygen atoms in total. The van der Waals surface area contributed by atoms with Crippen molar-refractivity contribution in [3.05, 3.63) is 99.1 Å². The maximum absolute atomic E-state index is 13.3. The van der Waals surface area contributed by atoms with E-state index in [1.807, 2.05) is 30.3 Å². The second kappa shape index (κ2) is 7.98. The molecule has 1 aromatic heterocycles. The minimum absolute atomic E-state index is 0.133. The molecule has 0 N–H and O–H groups in total. The highest BCUT2D eigenvalue weighted by atomic mass is 35.5. The SMILES string of the molecule is O=C(c1cccc([N+](=O)[O-])c1)N(Cc1ccccc1)c1nc2ccc(Cl)cc2s1. The van der Waals surface area contributed by atoms with Gasteiger partial charge in [0, 0.05) is 22.7 Å². The largest absolute Gasteiger partial charge is 0.279 e. The molecule has 29 heavy (non-hydrogen) atoms. The van der Waals surface area contributed by atoms with Crippen molar-refractivity contribution in [3.63, 3.8) is 0 Å². The van der Waals surface area contributed by atoms with Crippen LogP contribution >= 0.6 is 22.9 Å². The zero-order chi connectivity index (χ0) is 20.4. The van der Waals surface area contributed by atoms with Gasteiger partial charge in [0.05, 0.1) is 21.7 Å². The van der Waals surface area contributed by atoms with E-state index in [4.69, 9.17) is 11.6 Å². The number of carbonyl (C=O) groups is 1. The van der Waals surface area contributed by atoms with Crippen LogP contribution in [0.25, 0.3) is 10.2 Å². The Morgan fingerprint density at radius 1 is 1.07 bits per heavy atom. The zero-order valence-corrected chi connectivity index (χ0v) is 16.6. The summed E-state index contributed by atoms with van der Waals surface area (Å²) < 4.78 is 0.859. The minimum atomic E-state index is -0.516. The number of nitrogens with zero attached hydrogens (tertiary/aromatic N) is 3. The summed E-state index contributed by atoms with van der Waals surface area (Å²) in [6.45, 7) is 0.288. The molecule has 0 atom stereocenters. The number of benzene rings is 3. The number of hydrogen-bond acceptors (Lipinski definition) is 5. The highest BCUT2D eigenvalue weighted by Gasteiger charge is 2.23. The lowest BCUT2D eigenvalue weighted by atomic mass is 10.1. The van der Waals surface area contributed by atoms with E-state index in [0.29, 0.717) is 10.2 Å². The van der Waals surface area contributed by atoms with Gasteiger partial charge in [-0.3, -0.25) is 19.8 Å². The number of anilines is 1. The molecule has 0 aliphatic carbocycles. The van der Waals surface area contributed by atoms with Crippen LogP contribution in [0.4, 0.5) is 10.8 Å². The molecule has 0 aliphatic heterocycles. The Morgan fingerprint density at radius 3 is 2.62 bits per heavy atom. The van der Waals surface area contributed by atoms with E-state index in [9.17, 15) is 14.9 Å². The van der Waals surface area contributed by atoms with E-state index in [1.165, 1.54) is 34.4 Å². The van der Waals surface area contributed by atoms with Crippen molar-refractivity contribution in [1.82, 2.24) is 4.98 Å². The molecule has 0 saturated heterocycles. The Balaban J connectivity index is 1.77. The first-order valence-electron chi connectivity index (χ1n) is 8.67. The summed E-state index contributed by atoms with van der Waals surface area (Å²) in [5.41, 5.74) is 1.75. The molecule has 0 unspecified atom stereocenters. The van der Waals surface area contributed by atoms with Crippen LogP contribution in [0.1, 0.15) is 15.9 Å². The van der Waals surface area contributed by atoms with Gasteiger partial charge < -0.3 is 0 Å². The number of fused-ring (bicyclic) bond motifs is 1. The summed E-state index contributed by atoms with van der Waals surface area (Å²) in [5, 5.41) is 12.2. The Morgan fingerprint density at radius 2 is 1.86 bits per heavy atom. The number of nitro benzene ring substituents is 1. The standard InChI is InChI=1S/C21H14ClN3O3S/c22-16-9-10-18-19(12-16)29-21(23-18)24(13-14-5-2-1-3-6-14)20(26)15-7-4-8-17(11-15)25(27)28/h1-12H,13H2. The van der Waals surface area contributed by atoms with Crippen LogP contribution in [0.5, 0.6) is 0 Å². The van der Waals surface area contributed by atoms with Crippen molar-refractivity contribution < 1.29 is 9.72 Å². The number of amides is 1.